The van der Waals surface area contributed by atoms with Gasteiger partial charge < -0.3 is 4.98 Å². The van der Waals surface area contributed by atoms with Crippen molar-refractivity contribution in [2.24, 2.45) is 0 Å². The standard InChI is InChI=1S/C19H21N/c1-3-18-13-17(14(2)20-18)12-11-16-9-6-8-15-7-4-5-10-19(15)16/h4-10,13,20H,3,11-12H2,1-2H3. The third-order valence-corrected chi connectivity index (χ3v) is 4.10. The molecule has 0 bridgehead atoms. The number of hydrogen-bond donors (Lipinski definition) is 1. The average Bonchev–Trinajstić information content (AvgIpc) is 2.85. The maximum atomic E-state index is 3.47. The molecule has 0 aliphatic carbocycles. The molecular formula is C19H21N. The van der Waals surface area contributed by atoms with E-state index in [9.17, 15) is 0 Å². The van der Waals surface area contributed by atoms with Crippen molar-refractivity contribution < 1.29 is 0 Å². The van der Waals surface area contributed by atoms with Gasteiger partial charge in [0, 0.05) is 11.4 Å². The van der Waals surface area contributed by atoms with Crippen LogP contribution in [-0.2, 0) is 19.3 Å². The third-order valence-electron chi connectivity index (χ3n) is 4.10. The van der Waals surface area contributed by atoms with Gasteiger partial charge in [-0.1, -0.05) is 49.4 Å². The van der Waals surface area contributed by atoms with Crippen LogP contribution in [-0.4, -0.2) is 4.98 Å². The first-order valence-corrected chi connectivity index (χ1v) is 7.42. The molecule has 1 N–H and O–H groups in total. The largest absolute Gasteiger partial charge is 0.362 e. The van der Waals surface area contributed by atoms with Crippen LogP contribution < -0.4 is 0 Å². The quantitative estimate of drug-likeness (QED) is 0.694. The summed E-state index contributed by atoms with van der Waals surface area (Å²) in [5.41, 5.74) is 5.56. The van der Waals surface area contributed by atoms with E-state index in [0.29, 0.717) is 0 Å². The summed E-state index contributed by atoms with van der Waals surface area (Å²) in [5.74, 6) is 0. The Balaban J connectivity index is 1.85. The Morgan fingerprint density at radius 1 is 0.900 bits per heavy atom. The first-order valence-electron chi connectivity index (χ1n) is 7.42. The van der Waals surface area contributed by atoms with Gasteiger partial charge in [-0.05, 0) is 54.2 Å². The summed E-state index contributed by atoms with van der Waals surface area (Å²) < 4.78 is 0. The van der Waals surface area contributed by atoms with E-state index in [1.54, 1.807) is 0 Å². The predicted octanol–water partition coefficient (Wildman–Crippen LogP) is 4.82. The van der Waals surface area contributed by atoms with E-state index in [1.165, 1.54) is 33.3 Å². The van der Waals surface area contributed by atoms with Crippen molar-refractivity contribution in [3.63, 3.8) is 0 Å². The SMILES string of the molecule is CCc1cc(CCc2cccc3ccccc23)c(C)[nH]1. The van der Waals surface area contributed by atoms with Gasteiger partial charge in [0.1, 0.15) is 0 Å². The van der Waals surface area contributed by atoms with Gasteiger partial charge in [-0.2, -0.15) is 0 Å². The van der Waals surface area contributed by atoms with E-state index in [0.717, 1.165) is 19.3 Å². The van der Waals surface area contributed by atoms with Crippen molar-refractivity contribution >= 4 is 10.8 Å². The highest BCUT2D eigenvalue weighted by Gasteiger charge is 2.05. The van der Waals surface area contributed by atoms with Crippen molar-refractivity contribution in [1.82, 2.24) is 4.98 Å². The van der Waals surface area contributed by atoms with Gasteiger partial charge in [0.25, 0.3) is 0 Å². The minimum atomic E-state index is 1.08. The Hall–Kier alpha value is -2.02. The van der Waals surface area contributed by atoms with Crippen LogP contribution in [0.15, 0.2) is 48.5 Å². The number of aromatic amines is 1. The minimum Gasteiger partial charge on any atom is -0.362 e. The van der Waals surface area contributed by atoms with Gasteiger partial charge in [-0.25, -0.2) is 0 Å². The second-order valence-electron chi connectivity index (χ2n) is 5.44. The number of aromatic nitrogens is 1. The Kier molecular flexibility index (Phi) is 3.60. The Morgan fingerprint density at radius 3 is 2.45 bits per heavy atom. The molecule has 1 aromatic heterocycles. The van der Waals surface area contributed by atoms with Crippen LogP contribution in [0.2, 0.25) is 0 Å². The first-order chi connectivity index (χ1) is 9.78. The lowest BCUT2D eigenvalue weighted by Crippen LogP contribution is -1.93. The average molecular weight is 263 g/mol. The fraction of sp³-hybridized carbons (Fsp3) is 0.263. The summed E-state index contributed by atoms with van der Waals surface area (Å²) in [5, 5.41) is 2.73. The molecule has 0 radical (unpaired) electrons. The van der Waals surface area contributed by atoms with E-state index >= 15 is 0 Å². The second-order valence-corrected chi connectivity index (χ2v) is 5.44. The summed E-state index contributed by atoms with van der Waals surface area (Å²) >= 11 is 0. The molecule has 0 fully saturated rings. The molecule has 3 rings (SSSR count). The minimum absolute atomic E-state index is 1.08. The monoisotopic (exact) mass is 263 g/mol. The number of H-pyrrole nitrogens is 1. The molecule has 0 amide bonds. The van der Waals surface area contributed by atoms with Gasteiger partial charge in [0.2, 0.25) is 0 Å². The summed E-state index contributed by atoms with van der Waals surface area (Å²) in [6.07, 6.45) is 3.29. The van der Waals surface area contributed by atoms with E-state index in [4.69, 9.17) is 0 Å². The van der Waals surface area contributed by atoms with Crippen molar-refractivity contribution in [1.29, 1.82) is 0 Å². The van der Waals surface area contributed by atoms with E-state index in [2.05, 4.69) is 67.4 Å². The Labute approximate surface area is 120 Å². The maximum Gasteiger partial charge on any atom is 0.0150 e. The highest BCUT2D eigenvalue weighted by molar-refractivity contribution is 5.85. The molecule has 0 aliphatic heterocycles. The maximum absolute atomic E-state index is 3.47. The van der Waals surface area contributed by atoms with Gasteiger partial charge in [-0.3, -0.25) is 0 Å². The molecule has 0 unspecified atom stereocenters. The highest BCUT2D eigenvalue weighted by atomic mass is 14.7. The molecule has 3 aromatic rings. The summed E-state index contributed by atoms with van der Waals surface area (Å²) in [4.78, 5) is 3.47. The summed E-state index contributed by atoms with van der Waals surface area (Å²) in [6.45, 7) is 4.37. The fourth-order valence-corrected chi connectivity index (χ4v) is 2.91. The van der Waals surface area contributed by atoms with E-state index in [1.807, 2.05) is 0 Å². The van der Waals surface area contributed by atoms with Gasteiger partial charge in [0.15, 0.2) is 0 Å². The molecule has 1 heterocycles. The molecule has 1 heteroatoms. The van der Waals surface area contributed by atoms with Crippen LogP contribution in [0.5, 0.6) is 0 Å². The van der Waals surface area contributed by atoms with Crippen LogP contribution in [0.4, 0.5) is 0 Å². The normalized spacial score (nSPS) is 11.1. The summed E-state index contributed by atoms with van der Waals surface area (Å²) in [6, 6.07) is 17.6. The lowest BCUT2D eigenvalue weighted by atomic mass is 9.99. The highest BCUT2D eigenvalue weighted by Crippen LogP contribution is 2.21. The molecule has 102 valence electrons. The van der Waals surface area contributed by atoms with E-state index in [-0.39, 0.29) is 0 Å². The number of nitrogens with one attached hydrogen (secondary N) is 1. The van der Waals surface area contributed by atoms with Gasteiger partial charge in [0.05, 0.1) is 0 Å². The fourth-order valence-electron chi connectivity index (χ4n) is 2.91. The van der Waals surface area contributed by atoms with Crippen LogP contribution in [0.1, 0.15) is 29.4 Å². The van der Waals surface area contributed by atoms with Gasteiger partial charge in [-0.15, -0.1) is 0 Å². The molecular weight excluding hydrogens is 242 g/mol. The van der Waals surface area contributed by atoms with Crippen molar-refractivity contribution in [3.05, 3.63) is 71.0 Å². The van der Waals surface area contributed by atoms with Crippen molar-refractivity contribution in [2.75, 3.05) is 0 Å². The number of fused-ring (bicyclic) bond motifs is 1. The van der Waals surface area contributed by atoms with Crippen LogP contribution >= 0.6 is 0 Å². The zero-order chi connectivity index (χ0) is 13.9. The first kappa shape index (κ1) is 13.0. The lowest BCUT2D eigenvalue weighted by molar-refractivity contribution is 0.956. The zero-order valence-corrected chi connectivity index (χ0v) is 12.2. The smallest absolute Gasteiger partial charge is 0.0150 e. The van der Waals surface area contributed by atoms with Crippen molar-refractivity contribution in [2.45, 2.75) is 33.1 Å². The van der Waals surface area contributed by atoms with Crippen LogP contribution in [0.3, 0.4) is 0 Å². The van der Waals surface area contributed by atoms with Gasteiger partial charge >= 0.3 is 0 Å². The summed E-state index contributed by atoms with van der Waals surface area (Å²) in [7, 11) is 0. The molecule has 0 saturated heterocycles. The molecule has 0 aliphatic rings. The zero-order valence-electron chi connectivity index (χ0n) is 12.2. The number of benzene rings is 2. The van der Waals surface area contributed by atoms with E-state index < -0.39 is 0 Å². The molecule has 0 atom stereocenters. The molecule has 0 spiro atoms. The lowest BCUT2D eigenvalue weighted by Gasteiger charge is -2.06. The third kappa shape index (κ3) is 2.49. The number of hydrogen-bond acceptors (Lipinski definition) is 0. The predicted molar refractivity (Wildman–Crippen MR) is 86.3 cm³/mol. The Morgan fingerprint density at radius 2 is 1.65 bits per heavy atom. The van der Waals surface area contributed by atoms with Crippen LogP contribution in [0.25, 0.3) is 10.8 Å². The van der Waals surface area contributed by atoms with Crippen LogP contribution in [0, 0.1) is 6.92 Å². The van der Waals surface area contributed by atoms with Crippen molar-refractivity contribution in [3.8, 4) is 0 Å². The second kappa shape index (κ2) is 5.54. The molecule has 1 nitrogen and oxygen atoms in total. The number of aryl methyl sites for hydroxylation is 4. The molecule has 20 heavy (non-hydrogen) atoms. The Bertz CT molecular complexity index is 716. The molecule has 0 saturated carbocycles. The number of rotatable bonds is 4. The molecule has 2 aromatic carbocycles. The topological polar surface area (TPSA) is 15.8 Å².